The zero-order chi connectivity index (χ0) is 34.3. The van der Waals surface area contributed by atoms with Gasteiger partial charge in [0.1, 0.15) is 5.58 Å². The monoisotopic (exact) mass is 670 g/mol. The Bertz CT molecular complexity index is 3190. The van der Waals surface area contributed by atoms with Crippen LogP contribution >= 0.6 is 0 Å². The van der Waals surface area contributed by atoms with Gasteiger partial charge in [-0.1, -0.05) is 121 Å². The molecule has 0 radical (unpaired) electrons. The third kappa shape index (κ3) is 4.09. The highest BCUT2D eigenvalue weighted by Gasteiger charge is 2.24. The molecule has 0 unspecified atom stereocenters. The van der Waals surface area contributed by atoms with E-state index in [1.54, 1.807) is 6.07 Å². The Labute approximate surface area is 296 Å². The van der Waals surface area contributed by atoms with E-state index in [1.165, 1.54) is 11.5 Å². The van der Waals surface area contributed by atoms with E-state index in [0.717, 1.165) is 71.5 Å². The summed E-state index contributed by atoms with van der Waals surface area (Å²) in [7, 11) is 0. The highest BCUT2D eigenvalue weighted by molar-refractivity contribution is 6.23. The van der Waals surface area contributed by atoms with Crippen molar-refractivity contribution in [1.29, 1.82) is 0 Å². The molecule has 11 rings (SSSR count). The average molecular weight is 671 g/mol. The number of hydrogen-bond donors (Lipinski definition) is 0. The van der Waals surface area contributed by atoms with Crippen molar-refractivity contribution >= 4 is 65.6 Å². The number of para-hydroxylation sites is 5. The van der Waals surface area contributed by atoms with Gasteiger partial charge in [0.2, 0.25) is 5.95 Å². The summed E-state index contributed by atoms with van der Waals surface area (Å²) in [6.07, 6.45) is 0. The average Bonchev–Trinajstić information content (AvgIpc) is 3.87. The van der Waals surface area contributed by atoms with Crippen molar-refractivity contribution < 1.29 is 8.81 Å². The standard InChI is InChI=1S/C46H27FN4O/c47-37-22-12-20-35-34-19-11-21-36(44(34)52-45(35)37)39-27-38(28-13-3-1-4-14-28)48-46(49-39)51-41-24-10-8-18-31(41)33-26-25-32-30-17-7-9-23-40(30)50(42(32)43(33)51)29-15-5-2-6-16-29/h1-27H. The SMILES string of the molecule is Fc1cccc2c1oc1c(-c3cc(-c4ccccc4)nc(-n4c5ccccc5c5ccc6c7ccccc7n(-c7ccccc7)c6c54)n3)cccc12. The third-order valence-electron chi connectivity index (χ3n) is 10.2. The number of fused-ring (bicyclic) bond motifs is 10. The van der Waals surface area contributed by atoms with Crippen molar-refractivity contribution in [3.8, 4) is 34.2 Å². The molecule has 0 aliphatic carbocycles. The van der Waals surface area contributed by atoms with E-state index in [1.807, 2.05) is 54.6 Å². The Morgan fingerprint density at radius 3 is 1.73 bits per heavy atom. The number of halogens is 1. The van der Waals surface area contributed by atoms with E-state index < -0.39 is 5.82 Å². The molecular weight excluding hydrogens is 644 g/mol. The Balaban J connectivity index is 1.30. The van der Waals surface area contributed by atoms with Crippen LogP contribution in [0.5, 0.6) is 0 Å². The van der Waals surface area contributed by atoms with Gasteiger partial charge in [-0.05, 0) is 42.5 Å². The van der Waals surface area contributed by atoms with Crippen LogP contribution in [-0.4, -0.2) is 19.1 Å². The van der Waals surface area contributed by atoms with Gasteiger partial charge in [0.05, 0.1) is 33.5 Å². The predicted octanol–water partition coefficient (Wildman–Crippen LogP) is 12.0. The smallest absolute Gasteiger partial charge is 0.235 e. The zero-order valence-corrected chi connectivity index (χ0v) is 27.7. The lowest BCUT2D eigenvalue weighted by Crippen LogP contribution is -2.05. The van der Waals surface area contributed by atoms with Gasteiger partial charge in [-0.25, -0.2) is 14.4 Å². The Kier molecular flexibility index (Phi) is 6.07. The largest absolute Gasteiger partial charge is 0.452 e. The van der Waals surface area contributed by atoms with E-state index in [2.05, 4.69) is 106 Å². The van der Waals surface area contributed by atoms with Crippen LogP contribution in [0.3, 0.4) is 0 Å². The number of hydrogen-bond acceptors (Lipinski definition) is 3. The van der Waals surface area contributed by atoms with Crippen molar-refractivity contribution in [3.05, 3.63) is 170 Å². The van der Waals surface area contributed by atoms with Crippen LogP contribution < -0.4 is 0 Å². The summed E-state index contributed by atoms with van der Waals surface area (Å²) in [5, 5.41) is 6.09. The molecule has 4 aromatic heterocycles. The number of benzene rings is 7. The normalized spacial score (nSPS) is 11.9. The van der Waals surface area contributed by atoms with Crippen LogP contribution in [0.4, 0.5) is 4.39 Å². The van der Waals surface area contributed by atoms with E-state index in [9.17, 15) is 0 Å². The Morgan fingerprint density at radius 1 is 0.442 bits per heavy atom. The van der Waals surface area contributed by atoms with E-state index in [0.29, 0.717) is 17.2 Å². The first-order valence-electron chi connectivity index (χ1n) is 17.3. The van der Waals surface area contributed by atoms with Crippen molar-refractivity contribution in [2.24, 2.45) is 0 Å². The van der Waals surface area contributed by atoms with E-state index in [4.69, 9.17) is 14.4 Å². The van der Waals surface area contributed by atoms with Crippen LogP contribution in [-0.2, 0) is 0 Å². The number of rotatable bonds is 4. The quantitative estimate of drug-likeness (QED) is 0.187. The van der Waals surface area contributed by atoms with Gasteiger partial charge < -0.3 is 8.98 Å². The van der Waals surface area contributed by atoms with Gasteiger partial charge in [0.25, 0.3) is 0 Å². The predicted molar refractivity (Wildman–Crippen MR) is 209 cm³/mol. The van der Waals surface area contributed by atoms with Crippen LogP contribution in [0.25, 0.3) is 99.7 Å². The van der Waals surface area contributed by atoms with Gasteiger partial charge in [-0.15, -0.1) is 0 Å². The minimum Gasteiger partial charge on any atom is -0.452 e. The maximum atomic E-state index is 15.0. The molecule has 0 aliphatic rings. The third-order valence-corrected chi connectivity index (χ3v) is 10.2. The summed E-state index contributed by atoms with van der Waals surface area (Å²) < 4.78 is 25.9. The maximum absolute atomic E-state index is 15.0. The lowest BCUT2D eigenvalue weighted by atomic mass is 10.0. The molecule has 0 N–H and O–H groups in total. The first-order chi connectivity index (χ1) is 25.7. The molecule has 5 nitrogen and oxygen atoms in total. The van der Waals surface area contributed by atoms with Crippen molar-refractivity contribution in [2.45, 2.75) is 0 Å². The zero-order valence-electron chi connectivity index (χ0n) is 27.7. The molecule has 0 atom stereocenters. The molecule has 6 heteroatoms. The number of aromatic nitrogens is 4. The van der Waals surface area contributed by atoms with E-state index >= 15 is 4.39 Å². The second kappa shape index (κ2) is 11.0. The molecule has 0 amide bonds. The molecule has 0 aliphatic heterocycles. The molecular formula is C46H27FN4O. The summed E-state index contributed by atoms with van der Waals surface area (Å²) in [5.41, 5.74) is 9.26. The fourth-order valence-electron chi connectivity index (χ4n) is 7.97. The van der Waals surface area contributed by atoms with Gasteiger partial charge in [-0.2, -0.15) is 0 Å². The van der Waals surface area contributed by atoms with Crippen LogP contribution in [0.2, 0.25) is 0 Å². The van der Waals surface area contributed by atoms with E-state index in [-0.39, 0.29) is 5.58 Å². The van der Waals surface area contributed by atoms with Crippen molar-refractivity contribution in [3.63, 3.8) is 0 Å². The number of furan rings is 1. The van der Waals surface area contributed by atoms with Gasteiger partial charge in [0.15, 0.2) is 11.4 Å². The minimum absolute atomic E-state index is 0.237. The summed E-state index contributed by atoms with van der Waals surface area (Å²) in [4.78, 5) is 10.7. The molecule has 4 heterocycles. The first kappa shape index (κ1) is 28.8. The Hall–Kier alpha value is -7.05. The molecule has 11 aromatic rings. The molecule has 7 aromatic carbocycles. The molecule has 0 bridgehead atoms. The summed E-state index contributed by atoms with van der Waals surface area (Å²) in [6, 6.07) is 55.1. The van der Waals surface area contributed by atoms with Crippen molar-refractivity contribution in [1.82, 2.24) is 19.1 Å². The minimum atomic E-state index is -0.392. The Morgan fingerprint density at radius 2 is 1.00 bits per heavy atom. The molecule has 0 saturated carbocycles. The first-order valence-corrected chi connectivity index (χ1v) is 17.3. The highest BCUT2D eigenvalue weighted by Crippen LogP contribution is 2.42. The van der Waals surface area contributed by atoms with Crippen LogP contribution in [0.1, 0.15) is 0 Å². The highest BCUT2D eigenvalue weighted by atomic mass is 19.1. The topological polar surface area (TPSA) is 48.8 Å². The van der Waals surface area contributed by atoms with Gasteiger partial charge >= 0.3 is 0 Å². The fourth-order valence-corrected chi connectivity index (χ4v) is 7.97. The second-order valence-corrected chi connectivity index (χ2v) is 13.1. The lowest BCUT2D eigenvalue weighted by molar-refractivity contribution is 0.584. The van der Waals surface area contributed by atoms with Gasteiger partial charge in [-0.3, -0.25) is 4.57 Å². The second-order valence-electron chi connectivity index (χ2n) is 13.1. The number of nitrogens with zero attached hydrogens (tertiary/aromatic N) is 4. The fraction of sp³-hybridized carbons (Fsp3) is 0. The molecule has 52 heavy (non-hydrogen) atoms. The molecule has 0 fully saturated rings. The summed E-state index contributed by atoms with van der Waals surface area (Å²) >= 11 is 0. The lowest BCUT2D eigenvalue weighted by Gasteiger charge is -2.14. The van der Waals surface area contributed by atoms with Crippen molar-refractivity contribution in [2.75, 3.05) is 0 Å². The molecule has 244 valence electrons. The molecule has 0 saturated heterocycles. The van der Waals surface area contributed by atoms with Crippen LogP contribution in [0.15, 0.2) is 168 Å². The van der Waals surface area contributed by atoms with Crippen LogP contribution in [0, 0.1) is 5.82 Å². The summed E-state index contributed by atoms with van der Waals surface area (Å²) in [6.45, 7) is 0. The maximum Gasteiger partial charge on any atom is 0.235 e. The van der Waals surface area contributed by atoms with Gasteiger partial charge in [0, 0.05) is 49.1 Å². The molecule has 0 spiro atoms. The summed E-state index contributed by atoms with van der Waals surface area (Å²) in [5.74, 6) is 0.135.